The van der Waals surface area contributed by atoms with Crippen LogP contribution in [0.3, 0.4) is 0 Å². The van der Waals surface area contributed by atoms with E-state index < -0.39 is 0 Å². The van der Waals surface area contributed by atoms with Crippen molar-refractivity contribution in [2.24, 2.45) is 0 Å². The molecule has 0 amide bonds. The summed E-state index contributed by atoms with van der Waals surface area (Å²) < 4.78 is 10.9. The zero-order chi connectivity index (χ0) is 15.8. The summed E-state index contributed by atoms with van der Waals surface area (Å²) >= 11 is 0. The summed E-state index contributed by atoms with van der Waals surface area (Å²) in [5.74, 6) is 1.85. The summed E-state index contributed by atoms with van der Waals surface area (Å²) in [5, 5.41) is 0. The second kappa shape index (κ2) is 8.56. The summed E-state index contributed by atoms with van der Waals surface area (Å²) in [4.78, 5) is 0. The molecule has 1 rings (SSSR count). The molecule has 0 saturated heterocycles. The Morgan fingerprint density at radius 1 is 1.05 bits per heavy atom. The van der Waals surface area contributed by atoms with Gasteiger partial charge in [-0.25, -0.2) is 0 Å². The molecule has 0 radical (unpaired) electrons. The standard InChI is InChI=1S/C19H28O2/c1-14(2)8-7-9-15(3)10-11-17-13-18(20-5)12-16(4)19(17)21-6/h8,10,12-13H,7,9,11H2,1-6H3. The van der Waals surface area contributed by atoms with Crippen LogP contribution in [0.15, 0.2) is 35.4 Å². The van der Waals surface area contributed by atoms with E-state index in [4.69, 9.17) is 9.47 Å². The molecular formula is C19H28O2. The molecule has 116 valence electrons. The molecule has 1 aromatic carbocycles. The van der Waals surface area contributed by atoms with Crippen LogP contribution in [0.2, 0.25) is 0 Å². The number of ether oxygens (including phenoxy) is 2. The smallest absolute Gasteiger partial charge is 0.125 e. The minimum Gasteiger partial charge on any atom is -0.497 e. The third-order valence-corrected chi connectivity index (χ3v) is 3.53. The maximum absolute atomic E-state index is 5.53. The van der Waals surface area contributed by atoms with Crippen molar-refractivity contribution in [2.45, 2.75) is 47.0 Å². The fourth-order valence-electron chi connectivity index (χ4n) is 2.35. The van der Waals surface area contributed by atoms with Gasteiger partial charge in [-0.2, -0.15) is 0 Å². The van der Waals surface area contributed by atoms with Gasteiger partial charge in [-0.1, -0.05) is 23.3 Å². The van der Waals surface area contributed by atoms with Crippen LogP contribution in [0.5, 0.6) is 11.5 Å². The fraction of sp³-hybridized carbons (Fsp3) is 0.474. The Kier molecular flexibility index (Phi) is 7.07. The Balaban J connectivity index is 2.82. The van der Waals surface area contributed by atoms with Gasteiger partial charge in [0.25, 0.3) is 0 Å². The Labute approximate surface area is 129 Å². The van der Waals surface area contributed by atoms with Gasteiger partial charge in [0.2, 0.25) is 0 Å². The van der Waals surface area contributed by atoms with Gasteiger partial charge >= 0.3 is 0 Å². The fourth-order valence-corrected chi connectivity index (χ4v) is 2.35. The molecule has 2 nitrogen and oxygen atoms in total. The lowest BCUT2D eigenvalue weighted by Crippen LogP contribution is -1.96. The van der Waals surface area contributed by atoms with E-state index >= 15 is 0 Å². The zero-order valence-corrected chi connectivity index (χ0v) is 14.2. The maximum atomic E-state index is 5.53. The van der Waals surface area contributed by atoms with Crippen LogP contribution in [-0.4, -0.2) is 14.2 Å². The number of benzene rings is 1. The second-order valence-electron chi connectivity index (χ2n) is 5.71. The molecule has 1 aromatic rings. The molecule has 2 heteroatoms. The molecule has 0 aliphatic heterocycles. The van der Waals surface area contributed by atoms with Gasteiger partial charge in [-0.05, 0) is 64.7 Å². The Bertz CT molecular complexity index is 521. The number of rotatable bonds is 7. The van der Waals surface area contributed by atoms with Gasteiger partial charge in [0, 0.05) is 5.56 Å². The van der Waals surface area contributed by atoms with Crippen LogP contribution in [0.4, 0.5) is 0 Å². The zero-order valence-electron chi connectivity index (χ0n) is 14.2. The topological polar surface area (TPSA) is 18.5 Å². The minimum atomic E-state index is 0.877. The lowest BCUT2D eigenvalue weighted by Gasteiger charge is -2.12. The number of hydrogen-bond acceptors (Lipinski definition) is 2. The van der Waals surface area contributed by atoms with Crippen LogP contribution >= 0.6 is 0 Å². The molecule has 0 aliphatic carbocycles. The monoisotopic (exact) mass is 288 g/mol. The Morgan fingerprint density at radius 2 is 1.76 bits per heavy atom. The van der Waals surface area contributed by atoms with Gasteiger partial charge in [0.1, 0.15) is 11.5 Å². The Morgan fingerprint density at radius 3 is 2.33 bits per heavy atom. The number of hydrogen-bond donors (Lipinski definition) is 0. The second-order valence-corrected chi connectivity index (χ2v) is 5.71. The van der Waals surface area contributed by atoms with Crippen LogP contribution in [0.25, 0.3) is 0 Å². The first-order valence-electron chi connectivity index (χ1n) is 7.48. The quantitative estimate of drug-likeness (QED) is 0.638. The minimum absolute atomic E-state index is 0.877. The van der Waals surface area contributed by atoms with Crippen molar-refractivity contribution < 1.29 is 9.47 Å². The predicted octanol–water partition coefficient (Wildman–Crippen LogP) is 5.25. The van der Waals surface area contributed by atoms with Gasteiger partial charge in [0.15, 0.2) is 0 Å². The largest absolute Gasteiger partial charge is 0.497 e. The van der Waals surface area contributed by atoms with Gasteiger partial charge < -0.3 is 9.47 Å². The summed E-state index contributed by atoms with van der Waals surface area (Å²) in [7, 11) is 3.43. The van der Waals surface area contributed by atoms with Gasteiger partial charge in [-0.15, -0.1) is 0 Å². The van der Waals surface area contributed by atoms with E-state index in [1.807, 2.05) is 6.07 Å². The van der Waals surface area contributed by atoms with Crippen molar-refractivity contribution in [3.63, 3.8) is 0 Å². The van der Waals surface area contributed by atoms with Crippen molar-refractivity contribution in [3.8, 4) is 11.5 Å². The molecule has 0 spiro atoms. The van der Waals surface area contributed by atoms with E-state index in [0.29, 0.717) is 0 Å². The molecule has 0 saturated carbocycles. The average molecular weight is 288 g/mol. The first kappa shape index (κ1) is 17.4. The van der Waals surface area contributed by atoms with Crippen molar-refractivity contribution >= 4 is 0 Å². The summed E-state index contributed by atoms with van der Waals surface area (Å²) in [5.41, 5.74) is 5.08. The maximum Gasteiger partial charge on any atom is 0.125 e. The van der Waals surface area contributed by atoms with Crippen molar-refractivity contribution in [2.75, 3.05) is 14.2 Å². The van der Waals surface area contributed by atoms with Crippen LogP contribution in [0, 0.1) is 6.92 Å². The molecule has 0 atom stereocenters. The van der Waals surface area contributed by atoms with E-state index in [0.717, 1.165) is 36.3 Å². The normalized spacial score (nSPS) is 11.2. The number of methoxy groups -OCH3 is 2. The van der Waals surface area contributed by atoms with Gasteiger partial charge in [0.05, 0.1) is 14.2 Å². The molecular weight excluding hydrogens is 260 g/mol. The summed E-state index contributed by atoms with van der Waals surface area (Å²) in [6, 6.07) is 4.07. The van der Waals surface area contributed by atoms with Gasteiger partial charge in [-0.3, -0.25) is 0 Å². The third-order valence-electron chi connectivity index (χ3n) is 3.53. The van der Waals surface area contributed by atoms with E-state index in [9.17, 15) is 0 Å². The molecule has 21 heavy (non-hydrogen) atoms. The van der Waals surface area contributed by atoms with Crippen molar-refractivity contribution in [3.05, 3.63) is 46.6 Å². The molecule has 0 unspecified atom stereocenters. The van der Waals surface area contributed by atoms with E-state index in [1.54, 1.807) is 14.2 Å². The average Bonchev–Trinajstić information content (AvgIpc) is 2.44. The number of allylic oxidation sites excluding steroid dienone is 4. The van der Waals surface area contributed by atoms with Crippen molar-refractivity contribution in [1.29, 1.82) is 0 Å². The highest BCUT2D eigenvalue weighted by molar-refractivity contribution is 5.47. The highest BCUT2D eigenvalue weighted by Crippen LogP contribution is 2.29. The molecule has 0 N–H and O–H groups in total. The van der Waals surface area contributed by atoms with Crippen LogP contribution in [-0.2, 0) is 6.42 Å². The Hall–Kier alpha value is -1.70. The lowest BCUT2D eigenvalue weighted by molar-refractivity contribution is 0.397. The lowest BCUT2D eigenvalue weighted by atomic mass is 10.0. The molecule has 0 aromatic heterocycles. The molecule has 0 aliphatic rings. The predicted molar refractivity (Wildman–Crippen MR) is 90.4 cm³/mol. The molecule has 0 heterocycles. The highest BCUT2D eigenvalue weighted by atomic mass is 16.5. The molecule has 0 bridgehead atoms. The highest BCUT2D eigenvalue weighted by Gasteiger charge is 2.08. The summed E-state index contributed by atoms with van der Waals surface area (Å²) in [6.45, 7) is 8.53. The number of aryl methyl sites for hydroxylation is 1. The first-order valence-corrected chi connectivity index (χ1v) is 7.48. The SMILES string of the molecule is COc1cc(C)c(OC)c(CC=C(C)CCC=C(C)C)c1. The summed E-state index contributed by atoms with van der Waals surface area (Å²) in [6.07, 6.45) is 7.67. The first-order chi connectivity index (χ1) is 9.97. The molecule has 0 fully saturated rings. The third kappa shape index (κ3) is 5.66. The van der Waals surface area contributed by atoms with Crippen LogP contribution in [0.1, 0.15) is 44.7 Å². The van der Waals surface area contributed by atoms with E-state index in [-0.39, 0.29) is 0 Å². The van der Waals surface area contributed by atoms with Crippen molar-refractivity contribution in [1.82, 2.24) is 0 Å². The van der Waals surface area contributed by atoms with E-state index in [2.05, 4.69) is 45.9 Å². The van der Waals surface area contributed by atoms with Crippen LogP contribution < -0.4 is 9.47 Å². The van der Waals surface area contributed by atoms with E-state index in [1.165, 1.54) is 16.7 Å².